The van der Waals surface area contributed by atoms with Crippen molar-refractivity contribution in [1.29, 1.82) is 0 Å². The maximum Gasteiger partial charge on any atom is 0.519 e. The number of fused-ring (bicyclic) bond motifs is 3. The molecule has 0 bridgehead atoms. The first kappa shape index (κ1) is 124. The molecule has 133 heavy (non-hydrogen) atoms. The molecular weight excluding hydrogens is 1920 g/mol. The Labute approximate surface area is 799 Å². The summed E-state index contributed by atoms with van der Waals surface area (Å²) in [7, 11) is 0. The number of carbonyl (C=O) groups excluding carboxylic acids is 5. The van der Waals surface area contributed by atoms with Crippen molar-refractivity contribution < 1.29 is 130 Å². The molecule has 0 aliphatic carbocycles. The van der Waals surface area contributed by atoms with E-state index in [1.54, 1.807) is 139 Å². The molecule has 740 valence electrons. The van der Waals surface area contributed by atoms with Crippen molar-refractivity contribution in [2.75, 3.05) is 157 Å². The normalized spacial score (nSPS) is 10.7. The Kier molecular flexibility index (Phi) is 64.6. The topological polar surface area (TPSA) is 521 Å². The SMILES string of the molecule is C#CCBr.C#CCOCCOCCNC(=O)OC(C)(C)C.CC(C)(C)OC(=O)NCCOCCO.CC(C)(C)OC(=O)OC(=O)OC(C)(C)C.CCn1cc(C(=O)O)c(=O)c2cc(C#CCOCCOCCN)ccc21.CCn1cc(C(=O)O)c(=O)c2cc(C#CCOCCOCCNC(=O)OC(C)(C)C)ccc21.CCn1cc(C(=O)O)c(=O)c2cc(I)ccc21.NCCOCCO. The van der Waals surface area contributed by atoms with Gasteiger partial charge in [-0.25, -0.2) is 38.4 Å². The van der Waals surface area contributed by atoms with Crippen LogP contribution in [0.25, 0.3) is 32.7 Å². The van der Waals surface area contributed by atoms with E-state index in [0.717, 1.165) is 9.09 Å². The molecule has 38 nitrogen and oxygen atoms in total. The van der Waals surface area contributed by atoms with Crippen LogP contribution in [0.15, 0.2) is 87.6 Å². The Morgan fingerprint density at radius 2 is 0.684 bits per heavy atom. The maximum absolute atomic E-state index is 12.5. The lowest BCUT2D eigenvalue weighted by Gasteiger charge is -2.20. The number of nitrogens with one attached hydrogen (secondary N) is 3. The molecule has 3 aromatic heterocycles. The number of rotatable bonds is 35. The molecule has 6 rings (SSSR count). The van der Waals surface area contributed by atoms with Gasteiger partial charge in [-0.2, -0.15) is 0 Å². The highest BCUT2D eigenvalue weighted by atomic mass is 127. The van der Waals surface area contributed by atoms with Crippen LogP contribution < -0.4 is 43.7 Å². The van der Waals surface area contributed by atoms with E-state index in [1.165, 1.54) is 18.6 Å². The van der Waals surface area contributed by atoms with E-state index in [9.17, 15) is 63.0 Å². The molecule has 3 amide bonds. The van der Waals surface area contributed by atoms with Crippen molar-refractivity contribution in [1.82, 2.24) is 29.7 Å². The largest absolute Gasteiger partial charge is 0.519 e. The van der Waals surface area contributed by atoms with Gasteiger partial charge in [-0.3, -0.25) is 14.4 Å². The van der Waals surface area contributed by atoms with Gasteiger partial charge in [0.1, 0.15) is 64.5 Å². The van der Waals surface area contributed by atoms with Crippen molar-refractivity contribution in [2.24, 2.45) is 11.5 Å². The van der Waals surface area contributed by atoms with Crippen molar-refractivity contribution in [3.8, 4) is 48.4 Å². The average molecular weight is 2050 g/mol. The Hall–Kier alpha value is -10.8. The van der Waals surface area contributed by atoms with Crippen LogP contribution in [0, 0.1) is 51.9 Å². The molecule has 0 aliphatic rings. The summed E-state index contributed by atoms with van der Waals surface area (Å²) < 4.78 is 76.3. The summed E-state index contributed by atoms with van der Waals surface area (Å²) in [6.45, 7) is 41.9. The first-order valence-electron chi connectivity index (χ1n) is 42.0. The molecule has 0 aliphatic heterocycles. The Morgan fingerprint density at radius 1 is 0.406 bits per heavy atom. The van der Waals surface area contributed by atoms with Crippen molar-refractivity contribution in [3.63, 3.8) is 0 Å². The summed E-state index contributed by atoms with van der Waals surface area (Å²) in [6, 6.07) is 15.8. The van der Waals surface area contributed by atoms with Crippen LogP contribution in [0.3, 0.4) is 0 Å². The number of aromatic carboxylic acids is 3. The van der Waals surface area contributed by atoms with Gasteiger partial charge in [0.2, 0.25) is 16.3 Å². The minimum absolute atomic E-state index is 0.00750. The number of aliphatic hydroxyl groups excluding tert-OH is 2. The molecule has 3 heterocycles. The van der Waals surface area contributed by atoms with Gasteiger partial charge < -0.3 is 133 Å². The lowest BCUT2D eigenvalue weighted by Crippen LogP contribution is -2.34. The number of terminal acetylenes is 2. The highest BCUT2D eigenvalue weighted by molar-refractivity contribution is 14.1. The minimum Gasteiger partial charge on any atom is -0.477 e. The number of aliphatic hydroxyl groups is 2. The molecule has 0 atom stereocenters. The molecule has 0 unspecified atom stereocenters. The summed E-state index contributed by atoms with van der Waals surface area (Å²) in [4.78, 5) is 126. The number of alkyl halides is 1. The van der Waals surface area contributed by atoms with E-state index >= 15 is 0 Å². The highest BCUT2D eigenvalue weighted by Gasteiger charge is 2.26. The van der Waals surface area contributed by atoms with E-state index < -0.39 is 92.8 Å². The van der Waals surface area contributed by atoms with Gasteiger partial charge in [0.25, 0.3) is 0 Å². The molecule has 6 aromatic rings. The summed E-state index contributed by atoms with van der Waals surface area (Å²) in [6.07, 6.45) is 10.4. The summed E-state index contributed by atoms with van der Waals surface area (Å²) >= 11 is 5.11. The molecule has 40 heteroatoms. The average Bonchev–Trinajstić information content (AvgIpc) is 0.790. The van der Waals surface area contributed by atoms with Crippen molar-refractivity contribution in [3.05, 3.63) is 135 Å². The predicted octanol–water partition coefficient (Wildman–Crippen LogP) is 10.6. The first-order valence-corrected chi connectivity index (χ1v) is 44.2. The third kappa shape index (κ3) is 60.9. The Morgan fingerprint density at radius 3 is 0.962 bits per heavy atom. The van der Waals surface area contributed by atoms with Crippen LogP contribution in [-0.2, 0) is 86.0 Å². The fourth-order valence-electron chi connectivity index (χ4n) is 9.60. The predicted molar refractivity (Wildman–Crippen MR) is 516 cm³/mol. The number of halogens is 2. The second-order valence-electron chi connectivity index (χ2n) is 31.7. The maximum atomic E-state index is 12.5. The second kappa shape index (κ2) is 69.1. The van der Waals surface area contributed by atoms with Gasteiger partial charge in [0.15, 0.2) is 0 Å². The number of carbonyl (C=O) groups is 8. The highest BCUT2D eigenvalue weighted by Crippen LogP contribution is 2.20. The number of amides is 3. The van der Waals surface area contributed by atoms with Gasteiger partial charge in [-0.15, -0.1) is 12.8 Å². The molecular formula is C93H134BrIN8O30. The van der Waals surface area contributed by atoms with E-state index in [4.69, 9.17) is 101 Å². The quantitative estimate of drug-likeness (QED) is 0.00336. The molecule has 3 aromatic carbocycles. The van der Waals surface area contributed by atoms with Crippen molar-refractivity contribution >= 4 is 120 Å². The van der Waals surface area contributed by atoms with E-state index in [2.05, 4.69) is 94.7 Å². The van der Waals surface area contributed by atoms with E-state index in [1.807, 2.05) is 53.7 Å². The standard InChI is InChI=1S/C24H30N2O7.C19H22N2O5.C12H10INO3.C12H21NO4.C10H18O5.C9H19NO4.C4H11NO2.C3H3Br/c1-5-26-16-19(22(28)29)21(27)18-15-17(8-9-20(18)26)7-6-11-31-13-14-32-12-10-25-23(30)33-24(2,3)4;1-2-21-13-16(19(23)24)18(22)15-12-14(5-6-17(15)21)4-3-8-25-10-11-26-9-7-20;1-2-14-6-9(12(16)17)11(15)8-5-7(13)3-4-10(8)14;1-5-7-15-9-10-16-8-6-13-11(14)17-12(2,3)4;1-9(2,3)14-7(11)13-8(12)15-10(4,5)6;1-9(2,3)14-8(12)10-4-6-13-7-5-11;5-1-3-7-4-2-6;1-2-3-4/h8-9,15-16H,5,10-14H2,1-4H3,(H,25,30)(H,28,29);5-6,12-13H,2,7-11,20H2,1H3,(H,23,24);3-6H,2H2,1H3,(H,16,17);1H,6-10H2,2-4H3,(H,13,14);1-6H3;11H,4-7H2,1-3H3,(H,10,12);6H,1-5H2;1H,3H2. The van der Waals surface area contributed by atoms with Crippen LogP contribution in [0.2, 0.25) is 0 Å². The number of nitrogens with two attached hydrogens (primary N) is 2. The smallest absolute Gasteiger partial charge is 0.477 e. The fraction of sp³-hybridized carbons (Fsp3) is 0.538. The number of alkyl carbamates (subject to hydrolysis) is 3. The lowest BCUT2D eigenvalue weighted by atomic mass is 10.1. The Bertz CT molecular complexity index is 4940. The van der Waals surface area contributed by atoms with Crippen LogP contribution in [0.5, 0.6) is 0 Å². The van der Waals surface area contributed by atoms with E-state index in [-0.39, 0.29) is 49.7 Å². The van der Waals surface area contributed by atoms with Gasteiger partial charge in [0.05, 0.1) is 121 Å². The third-order valence-electron chi connectivity index (χ3n) is 14.8. The minimum atomic E-state index is -1.25. The number of pyridine rings is 3. The van der Waals surface area contributed by atoms with Gasteiger partial charge in [-0.1, -0.05) is 51.5 Å². The van der Waals surface area contributed by atoms with E-state index in [0.29, 0.717) is 182 Å². The second-order valence-corrected chi connectivity index (χ2v) is 33.5. The van der Waals surface area contributed by atoms with Crippen molar-refractivity contribution in [2.45, 2.75) is 172 Å². The fourth-order valence-corrected chi connectivity index (χ4v) is 10.1. The van der Waals surface area contributed by atoms with Crippen LogP contribution in [0.1, 0.15) is 167 Å². The molecule has 0 fully saturated rings. The number of nitrogens with zero attached hydrogens (tertiary/aromatic N) is 3. The number of carboxylic acids is 3. The van der Waals surface area contributed by atoms with Gasteiger partial charge in [-0.05, 0) is 202 Å². The van der Waals surface area contributed by atoms with Gasteiger partial charge >= 0.3 is 48.5 Å². The lowest BCUT2D eigenvalue weighted by molar-refractivity contribution is -0.0296. The zero-order valence-corrected chi connectivity index (χ0v) is 83.1. The third-order valence-corrected chi connectivity index (χ3v) is 15.8. The number of aryl methyl sites for hydroxylation is 3. The molecule has 0 spiro atoms. The summed E-state index contributed by atoms with van der Waals surface area (Å²) in [5, 5.41) is 53.5. The van der Waals surface area contributed by atoms with Crippen LogP contribution in [-0.4, -0.2) is 273 Å². The molecule has 12 N–H and O–H groups in total. The molecule has 0 saturated carbocycles. The molecule has 0 saturated heterocycles. The summed E-state index contributed by atoms with van der Waals surface area (Å²) in [5.41, 5.74) is 8.67. The summed E-state index contributed by atoms with van der Waals surface area (Å²) in [5.74, 6) is 12.6. The van der Waals surface area contributed by atoms with Gasteiger partial charge in [0, 0.05) is 102 Å². The van der Waals surface area contributed by atoms with Crippen LogP contribution >= 0.6 is 38.5 Å². The number of carboxylic acid groups (broad SMARTS) is 3. The number of hydrogen-bond donors (Lipinski definition) is 10. The number of aromatic nitrogens is 3. The number of benzene rings is 3. The first-order chi connectivity index (χ1) is 62.5. The Balaban J connectivity index is 0. The monoisotopic (exact) mass is 2050 g/mol. The zero-order valence-electron chi connectivity index (χ0n) is 79.4. The zero-order chi connectivity index (χ0) is 101. The number of hydrogen-bond acceptors (Lipinski definition) is 29. The number of ether oxygens (including phenoxy) is 14. The van der Waals surface area contributed by atoms with Crippen LogP contribution in [0.4, 0.5) is 24.0 Å². The molecule has 0 radical (unpaired) electrons.